The predicted octanol–water partition coefficient (Wildman–Crippen LogP) is 2.54. The minimum atomic E-state index is -0.147. The topological polar surface area (TPSA) is 77.3 Å². The lowest BCUT2D eigenvalue weighted by Crippen LogP contribution is -2.14. The fraction of sp³-hybridized carbons (Fsp3) is 0.267. The third-order valence-electron chi connectivity index (χ3n) is 3.52. The van der Waals surface area contributed by atoms with Gasteiger partial charge in [-0.05, 0) is 12.1 Å². The lowest BCUT2D eigenvalue weighted by atomic mass is 10.2. The third kappa shape index (κ3) is 2.49. The van der Waals surface area contributed by atoms with Crippen molar-refractivity contribution in [3.05, 3.63) is 40.5 Å². The number of amides is 1. The molecule has 0 bridgehead atoms. The molecule has 1 N–H and O–H groups in total. The molecule has 112 valence electrons. The Morgan fingerprint density at radius 3 is 3.18 bits per heavy atom. The lowest BCUT2D eigenvalue weighted by molar-refractivity contribution is -0.115. The summed E-state index contributed by atoms with van der Waals surface area (Å²) < 4.78 is 10.6. The maximum Gasteiger partial charge on any atom is 0.232 e. The highest BCUT2D eigenvalue weighted by Gasteiger charge is 2.18. The van der Waals surface area contributed by atoms with Crippen molar-refractivity contribution in [1.29, 1.82) is 0 Å². The fourth-order valence-electron chi connectivity index (χ4n) is 2.46. The predicted molar refractivity (Wildman–Crippen MR) is 81.8 cm³/mol. The van der Waals surface area contributed by atoms with Crippen LogP contribution in [0, 0.1) is 0 Å². The van der Waals surface area contributed by atoms with E-state index in [4.69, 9.17) is 9.26 Å². The number of ether oxygens (including phenoxy) is 1. The van der Waals surface area contributed by atoms with E-state index in [0.717, 1.165) is 22.4 Å². The average molecular weight is 315 g/mol. The maximum absolute atomic E-state index is 12.2. The Morgan fingerprint density at radius 2 is 2.27 bits per heavy atom. The Kier molecular flexibility index (Phi) is 3.36. The Balaban J connectivity index is 1.49. The van der Waals surface area contributed by atoms with E-state index in [0.29, 0.717) is 29.6 Å². The molecule has 0 unspecified atom stereocenters. The number of aromatic nitrogens is 2. The Labute approximate surface area is 130 Å². The number of nitrogens with one attached hydrogen (secondary N) is 1. The summed E-state index contributed by atoms with van der Waals surface area (Å²) in [6.45, 7) is 1.27. The van der Waals surface area contributed by atoms with E-state index in [2.05, 4.69) is 15.5 Å². The van der Waals surface area contributed by atoms with E-state index >= 15 is 0 Å². The van der Waals surface area contributed by atoms with Gasteiger partial charge in [0.2, 0.25) is 5.91 Å². The van der Waals surface area contributed by atoms with Crippen molar-refractivity contribution < 1.29 is 14.1 Å². The number of carbonyl (C=O) groups excluding carboxylic acids is 1. The first-order valence-electron chi connectivity index (χ1n) is 6.99. The van der Waals surface area contributed by atoms with Crippen LogP contribution in [-0.4, -0.2) is 22.7 Å². The molecule has 0 saturated heterocycles. The van der Waals surface area contributed by atoms with Crippen LogP contribution in [0.3, 0.4) is 0 Å². The molecule has 0 saturated carbocycles. The molecule has 1 aliphatic rings. The number of thiazole rings is 1. The molecule has 0 atom stereocenters. The highest BCUT2D eigenvalue weighted by Crippen LogP contribution is 2.27. The van der Waals surface area contributed by atoms with Gasteiger partial charge < -0.3 is 14.6 Å². The second-order valence-corrected chi connectivity index (χ2v) is 6.13. The normalized spacial score (nSPS) is 14.0. The van der Waals surface area contributed by atoms with Crippen molar-refractivity contribution in [2.75, 3.05) is 11.9 Å². The summed E-state index contributed by atoms with van der Waals surface area (Å²) in [5.41, 5.74) is 2.35. The van der Waals surface area contributed by atoms with Gasteiger partial charge in [-0.2, -0.15) is 0 Å². The van der Waals surface area contributed by atoms with Crippen LogP contribution < -0.4 is 5.32 Å². The largest absolute Gasteiger partial charge is 0.375 e. The van der Waals surface area contributed by atoms with Crippen molar-refractivity contribution in [3.63, 3.8) is 0 Å². The molecule has 7 heteroatoms. The molecule has 0 fully saturated rings. The number of rotatable bonds is 3. The molecule has 1 aliphatic heterocycles. The smallest absolute Gasteiger partial charge is 0.232 e. The summed E-state index contributed by atoms with van der Waals surface area (Å²) in [7, 11) is 0. The van der Waals surface area contributed by atoms with Gasteiger partial charge in [0, 0.05) is 11.8 Å². The summed E-state index contributed by atoms with van der Waals surface area (Å²) >= 11 is 1.47. The maximum atomic E-state index is 12.2. The fourth-order valence-corrected chi connectivity index (χ4v) is 3.42. The quantitative estimate of drug-likeness (QED) is 0.803. The van der Waals surface area contributed by atoms with Gasteiger partial charge in [-0.1, -0.05) is 28.6 Å². The second-order valence-electron chi connectivity index (χ2n) is 5.04. The monoisotopic (exact) mass is 315 g/mol. The molecule has 6 nitrogen and oxygen atoms in total. The zero-order valence-electron chi connectivity index (χ0n) is 11.7. The second kappa shape index (κ2) is 5.51. The number of carbonyl (C=O) groups is 1. The van der Waals surface area contributed by atoms with Crippen molar-refractivity contribution >= 4 is 33.3 Å². The van der Waals surface area contributed by atoms with Gasteiger partial charge in [-0.15, -0.1) is 0 Å². The molecule has 4 rings (SSSR count). The van der Waals surface area contributed by atoms with Crippen LogP contribution in [0.4, 0.5) is 5.13 Å². The number of para-hydroxylation sites is 1. The number of benzene rings is 1. The van der Waals surface area contributed by atoms with Crippen LogP contribution in [0.2, 0.25) is 0 Å². The van der Waals surface area contributed by atoms with Gasteiger partial charge in [-0.25, -0.2) is 4.98 Å². The summed E-state index contributed by atoms with van der Waals surface area (Å²) in [5, 5.41) is 8.29. The van der Waals surface area contributed by atoms with Crippen molar-refractivity contribution in [1.82, 2.24) is 10.1 Å². The molecule has 3 aromatic rings. The van der Waals surface area contributed by atoms with Gasteiger partial charge in [0.25, 0.3) is 0 Å². The number of anilines is 1. The zero-order chi connectivity index (χ0) is 14.9. The molecule has 3 heterocycles. The highest BCUT2D eigenvalue weighted by atomic mass is 32.1. The van der Waals surface area contributed by atoms with Crippen molar-refractivity contribution in [2.45, 2.75) is 19.4 Å². The van der Waals surface area contributed by atoms with E-state index in [1.165, 1.54) is 11.3 Å². The van der Waals surface area contributed by atoms with Crippen LogP contribution in [0.5, 0.6) is 0 Å². The van der Waals surface area contributed by atoms with Gasteiger partial charge in [0.1, 0.15) is 5.69 Å². The van der Waals surface area contributed by atoms with Crippen LogP contribution in [0.1, 0.15) is 16.3 Å². The lowest BCUT2D eigenvalue weighted by Gasteiger charge is -2.08. The minimum Gasteiger partial charge on any atom is -0.375 e. The molecule has 1 amide bonds. The van der Waals surface area contributed by atoms with Crippen LogP contribution in [0.25, 0.3) is 11.0 Å². The van der Waals surface area contributed by atoms with Gasteiger partial charge in [-0.3, -0.25) is 4.79 Å². The zero-order valence-corrected chi connectivity index (χ0v) is 12.5. The first-order chi connectivity index (χ1) is 10.8. The van der Waals surface area contributed by atoms with Gasteiger partial charge >= 0.3 is 0 Å². The number of fused-ring (bicyclic) bond motifs is 2. The van der Waals surface area contributed by atoms with Crippen molar-refractivity contribution in [3.8, 4) is 0 Å². The molecular formula is C15H13N3O3S. The van der Waals surface area contributed by atoms with Crippen LogP contribution in [0.15, 0.2) is 28.8 Å². The van der Waals surface area contributed by atoms with E-state index in [9.17, 15) is 4.79 Å². The highest BCUT2D eigenvalue weighted by molar-refractivity contribution is 7.15. The molecular weight excluding hydrogens is 302 g/mol. The molecule has 0 spiro atoms. The van der Waals surface area contributed by atoms with Crippen LogP contribution in [-0.2, 0) is 29.0 Å². The summed E-state index contributed by atoms with van der Waals surface area (Å²) in [4.78, 5) is 17.7. The average Bonchev–Trinajstić information content (AvgIpc) is 3.11. The minimum absolute atomic E-state index is 0.147. The molecule has 0 radical (unpaired) electrons. The SMILES string of the molecule is O=C(Cc1noc2ccccc12)Nc1nc2c(s1)COCC2. The van der Waals surface area contributed by atoms with E-state index in [1.54, 1.807) is 0 Å². The summed E-state index contributed by atoms with van der Waals surface area (Å²) in [6, 6.07) is 7.50. The molecule has 1 aromatic carbocycles. The van der Waals surface area contributed by atoms with Crippen molar-refractivity contribution in [2.24, 2.45) is 0 Å². The first-order valence-corrected chi connectivity index (χ1v) is 7.81. The Hall–Kier alpha value is -2.25. The molecule has 22 heavy (non-hydrogen) atoms. The summed E-state index contributed by atoms with van der Waals surface area (Å²) in [5.74, 6) is -0.147. The standard InChI is InChI=1S/C15H13N3O3S/c19-14(7-11-9-3-1-2-4-12(9)21-18-11)17-15-16-10-5-6-20-8-13(10)22-15/h1-4H,5-8H2,(H,16,17,19). The van der Waals surface area contributed by atoms with Crippen LogP contribution >= 0.6 is 11.3 Å². The number of hydrogen-bond donors (Lipinski definition) is 1. The third-order valence-corrected chi connectivity index (χ3v) is 4.51. The van der Waals surface area contributed by atoms with E-state index < -0.39 is 0 Å². The van der Waals surface area contributed by atoms with Gasteiger partial charge in [0.05, 0.1) is 30.2 Å². The summed E-state index contributed by atoms with van der Waals surface area (Å²) in [6.07, 6.45) is 0.966. The van der Waals surface area contributed by atoms with Gasteiger partial charge in [0.15, 0.2) is 10.7 Å². The molecule has 2 aromatic heterocycles. The van der Waals surface area contributed by atoms with E-state index in [1.807, 2.05) is 24.3 Å². The van der Waals surface area contributed by atoms with E-state index in [-0.39, 0.29) is 12.3 Å². The Morgan fingerprint density at radius 1 is 1.36 bits per heavy atom. The first kappa shape index (κ1) is 13.4. The molecule has 0 aliphatic carbocycles. The Bertz CT molecular complexity index is 816. The number of nitrogens with zero attached hydrogens (tertiary/aromatic N) is 2. The number of hydrogen-bond acceptors (Lipinski definition) is 6.